The number of nitrogens with one attached hydrogen (secondary N) is 1. The molecule has 114 valence electrons. The molecular weight excluding hydrogens is 288 g/mol. The summed E-state index contributed by atoms with van der Waals surface area (Å²) >= 11 is 0. The van der Waals surface area contributed by atoms with E-state index in [2.05, 4.69) is 10.5 Å². The number of hydrogen-bond acceptors (Lipinski definition) is 3. The molecule has 1 heterocycles. The molecule has 1 amide bonds. The average molecular weight is 304 g/mol. The van der Waals surface area contributed by atoms with Crippen LogP contribution in [0.3, 0.4) is 0 Å². The number of rotatable bonds is 4. The standard InChI is InChI=1S/C19H16N2O2/c1-14-7-9-15(10-8-14)18-12-11-17(23-18)13-20-21-19(22)16-5-3-2-4-6-16/h2-13H,1H3,(H,21,22)/b20-13+. The maximum absolute atomic E-state index is 11.8. The molecule has 0 bridgehead atoms. The van der Waals surface area contributed by atoms with Gasteiger partial charge in [0.05, 0.1) is 6.21 Å². The van der Waals surface area contributed by atoms with Crippen LogP contribution >= 0.6 is 0 Å². The fraction of sp³-hybridized carbons (Fsp3) is 0.0526. The van der Waals surface area contributed by atoms with Crippen LogP contribution in [0.15, 0.2) is 76.2 Å². The number of hydrazone groups is 1. The molecule has 4 heteroatoms. The van der Waals surface area contributed by atoms with Crippen molar-refractivity contribution in [2.24, 2.45) is 5.10 Å². The molecule has 1 aromatic heterocycles. The van der Waals surface area contributed by atoms with Gasteiger partial charge < -0.3 is 4.42 Å². The topological polar surface area (TPSA) is 54.6 Å². The summed E-state index contributed by atoms with van der Waals surface area (Å²) in [5.74, 6) is 1.09. The van der Waals surface area contributed by atoms with Gasteiger partial charge in [-0.15, -0.1) is 0 Å². The zero-order valence-corrected chi connectivity index (χ0v) is 12.7. The van der Waals surface area contributed by atoms with Gasteiger partial charge in [-0.3, -0.25) is 4.79 Å². The van der Waals surface area contributed by atoms with Crippen molar-refractivity contribution in [1.29, 1.82) is 0 Å². The number of furan rings is 1. The van der Waals surface area contributed by atoms with Crippen LogP contribution < -0.4 is 5.43 Å². The van der Waals surface area contributed by atoms with Crippen molar-refractivity contribution in [2.75, 3.05) is 0 Å². The number of hydrogen-bond donors (Lipinski definition) is 1. The molecule has 0 spiro atoms. The van der Waals surface area contributed by atoms with E-state index in [0.29, 0.717) is 11.3 Å². The van der Waals surface area contributed by atoms with E-state index in [1.807, 2.05) is 49.4 Å². The summed E-state index contributed by atoms with van der Waals surface area (Å²) in [4.78, 5) is 11.8. The predicted molar refractivity (Wildman–Crippen MR) is 90.4 cm³/mol. The Morgan fingerprint density at radius 3 is 2.48 bits per heavy atom. The molecule has 0 unspecified atom stereocenters. The quantitative estimate of drug-likeness (QED) is 0.584. The van der Waals surface area contributed by atoms with Crippen LogP contribution in [0, 0.1) is 6.92 Å². The third kappa shape index (κ3) is 3.74. The van der Waals surface area contributed by atoms with Gasteiger partial charge in [0.25, 0.3) is 5.91 Å². The van der Waals surface area contributed by atoms with Crippen molar-refractivity contribution >= 4 is 12.1 Å². The van der Waals surface area contributed by atoms with Gasteiger partial charge in [0.15, 0.2) is 0 Å². The highest BCUT2D eigenvalue weighted by Crippen LogP contribution is 2.21. The van der Waals surface area contributed by atoms with Gasteiger partial charge in [0.1, 0.15) is 11.5 Å². The maximum atomic E-state index is 11.8. The zero-order valence-electron chi connectivity index (χ0n) is 12.7. The maximum Gasteiger partial charge on any atom is 0.271 e. The molecule has 0 aliphatic rings. The Morgan fingerprint density at radius 2 is 1.74 bits per heavy atom. The normalized spacial score (nSPS) is 10.8. The van der Waals surface area contributed by atoms with Gasteiger partial charge in [0.2, 0.25) is 0 Å². The first-order chi connectivity index (χ1) is 11.2. The Balaban J connectivity index is 1.65. The van der Waals surface area contributed by atoms with Crippen LogP contribution in [0.2, 0.25) is 0 Å². The number of carbonyl (C=O) groups is 1. The lowest BCUT2D eigenvalue weighted by molar-refractivity contribution is 0.0955. The van der Waals surface area contributed by atoms with Crippen LogP contribution in [-0.2, 0) is 0 Å². The largest absolute Gasteiger partial charge is 0.455 e. The van der Waals surface area contributed by atoms with Gasteiger partial charge in [-0.1, -0.05) is 48.0 Å². The first-order valence-corrected chi connectivity index (χ1v) is 7.28. The summed E-state index contributed by atoms with van der Waals surface area (Å²) in [5, 5.41) is 3.92. The zero-order chi connectivity index (χ0) is 16.1. The van der Waals surface area contributed by atoms with E-state index in [1.54, 1.807) is 24.3 Å². The monoisotopic (exact) mass is 304 g/mol. The van der Waals surface area contributed by atoms with Crippen LogP contribution in [0.4, 0.5) is 0 Å². The molecule has 2 aromatic carbocycles. The molecular formula is C19H16N2O2. The van der Waals surface area contributed by atoms with Gasteiger partial charge >= 0.3 is 0 Å². The Morgan fingerprint density at radius 1 is 1.00 bits per heavy atom. The summed E-state index contributed by atoms with van der Waals surface area (Å²) in [5.41, 5.74) is 5.24. The van der Waals surface area contributed by atoms with Gasteiger partial charge in [-0.05, 0) is 31.2 Å². The van der Waals surface area contributed by atoms with Crippen LogP contribution in [0.1, 0.15) is 21.7 Å². The third-order valence-corrected chi connectivity index (χ3v) is 3.36. The highest BCUT2D eigenvalue weighted by molar-refractivity contribution is 5.94. The first-order valence-electron chi connectivity index (χ1n) is 7.28. The minimum absolute atomic E-state index is 0.257. The Hall–Kier alpha value is -3.14. The first kappa shape index (κ1) is 14.8. The summed E-state index contributed by atoms with van der Waals surface area (Å²) in [6.45, 7) is 2.04. The second-order valence-electron chi connectivity index (χ2n) is 5.13. The second-order valence-corrected chi connectivity index (χ2v) is 5.13. The molecule has 0 aliphatic carbocycles. The highest BCUT2D eigenvalue weighted by Gasteiger charge is 2.04. The Bertz CT molecular complexity index is 818. The minimum atomic E-state index is -0.257. The van der Waals surface area contributed by atoms with E-state index in [4.69, 9.17) is 4.42 Å². The molecule has 0 saturated heterocycles. The molecule has 3 rings (SSSR count). The lowest BCUT2D eigenvalue weighted by Gasteiger charge is -1.98. The van der Waals surface area contributed by atoms with Gasteiger partial charge in [-0.25, -0.2) is 5.43 Å². The lowest BCUT2D eigenvalue weighted by atomic mass is 10.1. The fourth-order valence-corrected chi connectivity index (χ4v) is 2.10. The Labute approximate surface area is 134 Å². The molecule has 3 aromatic rings. The number of amides is 1. The van der Waals surface area contributed by atoms with E-state index >= 15 is 0 Å². The van der Waals surface area contributed by atoms with Crippen LogP contribution in [0.5, 0.6) is 0 Å². The second kappa shape index (κ2) is 6.75. The molecule has 0 aliphatic heterocycles. The van der Waals surface area contributed by atoms with Crippen molar-refractivity contribution in [3.63, 3.8) is 0 Å². The van der Waals surface area contributed by atoms with E-state index in [-0.39, 0.29) is 5.91 Å². The van der Waals surface area contributed by atoms with Crippen LogP contribution in [-0.4, -0.2) is 12.1 Å². The van der Waals surface area contributed by atoms with Crippen molar-refractivity contribution in [3.05, 3.63) is 83.6 Å². The summed E-state index contributed by atoms with van der Waals surface area (Å²) in [7, 11) is 0. The molecule has 1 N–H and O–H groups in total. The highest BCUT2D eigenvalue weighted by atomic mass is 16.3. The lowest BCUT2D eigenvalue weighted by Crippen LogP contribution is -2.17. The van der Waals surface area contributed by atoms with Crippen molar-refractivity contribution in [1.82, 2.24) is 5.43 Å². The van der Waals surface area contributed by atoms with Crippen molar-refractivity contribution < 1.29 is 9.21 Å². The smallest absolute Gasteiger partial charge is 0.271 e. The van der Waals surface area contributed by atoms with Crippen LogP contribution in [0.25, 0.3) is 11.3 Å². The van der Waals surface area contributed by atoms with E-state index in [0.717, 1.165) is 11.3 Å². The average Bonchev–Trinajstić information content (AvgIpc) is 3.05. The Kier molecular flexibility index (Phi) is 4.34. The van der Waals surface area contributed by atoms with E-state index < -0.39 is 0 Å². The molecule has 0 radical (unpaired) electrons. The van der Waals surface area contributed by atoms with Gasteiger partial charge in [0, 0.05) is 11.1 Å². The number of benzene rings is 2. The summed E-state index contributed by atoms with van der Waals surface area (Å²) < 4.78 is 5.70. The number of aryl methyl sites for hydroxylation is 1. The third-order valence-electron chi connectivity index (χ3n) is 3.36. The van der Waals surface area contributed by atoms with E-state index in [1.165, 1.54) is 11.8 Å². The number of nitrogens with zero attached hydrogens (tertiary/aromatic N) is 1. The fourth-order valence-electron chi connectivity index (χ4n) is 2.10. The molecule has 0 fully saturated rings. The molecule has 0 atom stereocenters. The van der Waals surface area contributed by atoms with Crippen molar-refractivity contribution in [2.45, 2.75) is 6.92 Å². The molecule has 4 nitrogen and oxygen atoms in total. The van der Waals surface area contributed by atoms with Gasteiger partial charge in [-0.2, -0.15) is 5.10 Å². The molecule has 0 saturated carbocycles. The van der Waals surface area contributed by atoms with Crippen molar-refractivity contribution in [3.8, 4) is 11.3 Å². The SMILES string of the molecule is Cc1ccc(-c2ccc(/C=N/NC(=O)c3ccccc3)o2)cc1. The molecule has 23 heavy (non-hydrogen) atoms. The number of carbonyl (C=O) groups excluding carboxylic acids is 1. The minimum Gasteiger partial charge on any atom is -0.455 e. The van der Waals surface area contributed by atoms with E-state index in [9.17, 15) is 4.79 Å². The summed E-state index contributed by atoms with van der Waals surface area (Å²) in [6.07, 6.45) is 1.48. The predicted octanol–water partition coefficient (Wildman–Crippen LogP) is 4.02. The summed E-state index contributed by atoms with van der Waals surface area (Å²) in [6, 6.07) is 20.7.